The topological polar surface area (TPSA) is 75.7 Å². The fourth-order valence-corrected chi connectivity index (χ4v) is 6.47. The van der Waals surface area contributed by atoms with E-state index in [0.29, 0.717) is 36.5 Å². The van der Waals surface area contributed by atoms with Crippen molar-refractivity contribution in [3.63, 3.8) is 0 Å². The molecule has 1 aliphatic carbocycles. The van der Waals surface area contributed by atoms with Gasteiger partial charge < -0.3 is 4.52 Å². The van der Waals surface area contributed by atoms with Crippen LogP contribution in [-0.4, -0.2) is 42.1 Å². The fraction of sp³-hybridized carbons (Fsp3) is 0.636. The van der Waals surface area contributed by atoms with Crippen molar-refractivity contribution in [1.29, 1.82) is 0 Å². The van der Waals surface area contributed by atoms with Gasteiger partial charge >= 0.3 is 0 Å². The van der Waals surface area contributed by atoms with E-state index in [4.69, 9.17) is 4.52 Å². The summed E-state index contributed by atoms with van der Waals surface area (Å²) in [7, 11) is -2.79. The number of carbonyl (C=O) groups excluding carboxylic acids is 2. The van der Waals surface area contributed by atoms with Crippen LogP contribution in [0.25, 0.3) is 0 Å². The van der Waals surface area contributed by atoms with E-state index in [1.54, 1.807) is 24.3 Å². The molecule has 1 aromatic rings. The molecule has 7 heteroatoms. The molecule has 0 saturated heterocycles. The number of rotatable bonds is 11. The lowest BCUT2D eigenvalue weighted by molar-refractivity contribution is 0.0651. The summed E-state index contributed by atoms with van der Waals surface area (Å²) < 4.78 is 18.7. The van der Waals surface area contributed by atoms with E-state index in [2.05, 4.69) is 5.09 Å². The van der Waals surface area contributed by atoms with E-state index < -0.39 is 7.52 Å². The second-order valence-corrected chi connectivity index (χ2v) is 10.3. The van der Waals surface area contributed by atoms with Gasteiger partial charge in [-0.2, -0.15) is 0 Å². The standard InChI is InChI=1S/C22H33N2O4P/c1-2-28-29(27,23-18-12-6-5-7-13-18)17-11-4-3-10-16-24-21(25)19-14-8-9-15-20(19)22(24)26/h8-9,14-15,18H,2-7,10-13,16-17H2,1H3,(H,23,27). The molecule has 2 amide bonds. The molecule has 0 bridgehead atoms. The Labute approximate surface area is 173 Å². The van der Waals surface area contributed by atoms with E-state index in [1.807, 2.05) is 6.92 Å². The largest absolute Gasteiger partial charge is 0.318 e. The van der Waals surface area contributed by atoms with Crippen LogP contribution in [0.4, 0.5) is 0 Å². The zero-order valence-corrected chi connectivity index (χ0v) is 18.3. The summed E-state index contributed by atoms with van der Waals surface area (Å²) in [5.41, 5.74) is 1.01. The molecular weight excluding hydrogens is 387 g/mol. The highest BCUT2D eigenvalue weighted by Gasteiger charge is 2.34. The van der Waals surface area contributed by atoms with Gasteiger partial charge in [0.1, 0.15) is 0 Å². The summed E-state index contributed by atoms with van der Waals surface area (Å²) in [4.78, 5) is 26.1. The highest BCUT2D eigenvalue weighted by atomic mass is 31.2. The summed E-state index contributed by atoms with van der Waals surface area (Å²) in [6.45, 7) is 2.78. The minimum absolute atomic E-state index is 0.192. The average molecular weight is 420 g/mol. The third-order valence-electron chi connectivity index (χ3n) is 5.78. The van der Waals surface area contributed by atoms with Gasteiger partial charge in [-0.3, -0.25) is 19.1 Å². The first-order valence-electron chi connectivity index (χ1n) is 11.0. The highest BCUT2D eigenvalue weighted by Crippen LogP contribution is 2.45. The van der Waals surface area contributed by atoms with Gasteiger partial charge in [-0.05, 0) is 44.7 Å². The smallest absolute Gasteiger partial charge is 0.270 e. The first-order valence-corrected chi connectivity index (χ1v) is 12.8. The van der Waals surface area contributed by atoms with Crippen LogP contribution in [0.3, 0.4) is 0 Å². The van der Waals surface area contributed by atoms with Crippen molar-refractivity contribution in [2.75, 3.05) is 19.3 Å². The molecule has 3 rings (SSSR count). The molecule has 6 nitrogen and oxygen atoms in total. The van der Waals surface area contributed by atoms with E-state index in [0.717, 1.165) is 38.5 Å². The van der Waals surface area contributed by atoms with E-state index >= 15 is 0 Å². The maximum Gasteiger partial charge on any atom is 0.270 e. The number of fused-ring (bicyclic) bond motifs is 1. The number of unbranched alkanes of at least 4 members (excludes halogenated alkanes) is 3. The van der Waals surface area contributed by atoms with Crippen LogP contribution < -0.4 is 5.09 Å². The molecule has 1 heterocycles. The molecule has 1 aromatic carbocycles. The third-order valence-corrected chi connectivity index (χ3v) is 8.12. The molecule has 1 aliphatic heterocycles. The molecule has 1 fully saturated rings. The zero-order valence-electron chi connectivity index (χ0n) is 17.4. The van der Waals surface area contributed by atoms with Gasteiger partial charge in [-0.25, -0.2) is 5.09 Å². The van der Waals surface area contributed by atoms with E-state index in [1.165, 1.54) is 24.2 Å². The molecular formula is C22H33N2O4P. The highest BCUT2D eigenvalue weighted by molar-refractivity contribution is 7.56. The van der Waals surface area contributed by atoms with Crippen molar-refractivity contribution < 1.29 is 18.7 Å². The Morgan fingerprint density at radius 2 is 1.62 bits per heavy atom. The van der Waals surface area contributed by atoms with Crippen LogP contribution >= 0.6 is 7.52 Å². The molecule has 29 heavy (non-hydrogen) atoms. The Bertz CT molecular complexity index is 726. The Balaban J connectivity index is 1.38. The number of benzene rings is 1. The SMILES string of the molecule is CCOP(=O)(CCCCCCN1C(=O)c2ccccc2C1=O)NC1CCCCC1. The van der Waals surface area contributed by atoms with E-state index in [9.17, 15) is 14.2 Å². The molecule has 2 aliphatic rings. The molecule has 1 unspecified atom stereocenters. The number of nitrogens with zero attached hydrogens (tertiary/aromatic N) is 1. The van der Waals surface area contributed by atoms with Gasteiger partial charge in [0, 0.05) is 18.7 Å². The lowest BCUT2D eigenvalue weighted by Crippen LogP contribution is -2.30. The number of imide groups is 1. The van der Waals surface area contributed by atoms with Crippen LogP contribution in [-0.2, 0) is 9.09 Å². The van der Waals surface area contributed by atoms with Gasteiger partial charge in [0.15, 0.2) is 0 Å². The number of amides is 2. The Morgan fingerprint density at radius 3 is 2.24 bits per heavy atom. The van der Waals surface area contributed by atoms with Crippen LogP contribution in [0.15, 0.2) is 24.3 Å². The third kappa shape index (κ3) is 5.78. The van der Waals surface area contributed by atoms with E-state index in [-0.39, 0.29) is 11.8 Å². The monoisotopic (exact) mass is 420 g/mol. The first kappa shape index (κ1) is 22.2. The lowest BCUT2D eigenvalue weighted by atomic mass is 9.96. The molecule has 0 spiro atoms. The van der Waals surface area contributed by atoms with Gasteiger partial charge in [-0.15, -0.1) is 0 Å². The molecule has 160 valence electrons. The Kier molecular flexibility index (Phi) is 8.05. The van der Waals surface area contributed by atoms with Gasteiger partial charge in [0.05, 0.1) is 17.7 Å². The average Bonchev–Trinajstić information content (AvgIpc) is 2.96. The maximum absolute atomic E-state index is 13.1. The van der Waals surface area contributed by atoms with Crippen molar-refractivity contribution in [1.82, 2.24) is 9.99 Å². The van der Waals surface area contributed by atoms with Crippen molar-refractivity contribution in [3.05, 3.63) is 35.4 Å². The number of nitrogens with one attached hydrogen (secondary N) is 1. The number of hydrogen-bond donors (Lipinski definition) is 1. The minimum Gasteiger partial charge on any atom is -0.318 e. The van der Waals surface area contributed by atoms with Crippen molar-refractivity contribution >= 4 is 19.3 Å². The molecule has 1 saturated carbocycles. The Morgan fingerprint density at radius 1 is 1.00 bits per heavy atom. The number of hydrogen-bond acceptors (Lipinski definition) is 4. The summed E-state index contributed by atoms with van der Waals surface area (Å²) >= 11 is 0. The van der Waals surface area contributed by atoms with Gasteiger partial charge in [0.25, 0.3) is 19.3 Å². The van der Waals surface area contributed by atoms with Crippen molar-refractivity contribution in [2.45, 2.75) is 70.8 Å². The second kappa shape index (κ2) is 10.5. The van der Waals surface area contributed by atoms with Crippen molar-refractivity contribution in [2.24, 2.45) is 0 Å². The fourth-order valence-electron chi connectivity index (χ4n) is 4.27. The summed E-state index contributed by atoms with van der Waals surface area (Å²) in [6, 6.07) is 7.30. The molecule has 0 aromatic heterocycles. The normalized spacial score (nSPS) is 19.4. The van der Waals surface area contributed by atoms with Crippen LogP contribution in [0.1, 0.15) is 85.4 Å². The van der Waals surface area contributed by atoms with Crippen molar-refractivity contribution in [3.8, 4) is 0 Å². The summed E-state index contributed by atoms with van der Waals surface area (Å²) in [5.74, 6) is -0.383. The van der Waals surface area contributed by atoms with Crippen LogP contribution in [0, 0.1) is 0 Å². The second-order valence-electron chi connectivity index (χ2n) is 8.00. The quantitative estimate of drug-likeness (QED) is 0.310. The zero-order chi connectivity index (χ0) is 20.7. The summed E-state index contributed by atoms with van der Waals surface area (Å²) in [5, 5.41) is 3.33. The summed E-state index contributed by atoms with van der Waals surface area (Å²) in [6.07, 6.45) is 9.75. The first-order chi connectivity index (χ1) is 14.0. The van der Waals surface area contributed by atoms with Crippen LogP contribution in [0.2, 0.25) is 0 Å². The Hall–Kier alpha value is -1.49. The van der Waals surface area contributed by atoms with Gasteiger partial charge in [-0.1, -0.05) is 44.2 Å². The maximum atomic E-state index is 13.1. The molecule has 1 atom stereocenters. The predicted molar refractivity (Wildman–Crippen MR) is 114 cm³/mol. The predicted octanol–water partition coefficient (Wildman–Crippen LogP) is 4.99. The lowest BCUT2D eigenvalue weighted by Gasteiger charge is -2.28. The van der Waals surface area contributed by atoms with Crippen LogP contribution in [0.5, 0.6) is 0 Å². The number of carbonyl (C=O) groups is 2. The minimum atomic E-state index is -2.79. The molecule has 1 N–H and O–H groups in total. The molecule has 0 radical (unpaired) electrons. The van der Waals surface area contributed by atoms with Gasteiger partial charge in [0.2, 0.25) is 0 Å².